The highest BCUT2D eigenvalue weighted by atomic mass is 15.0. The number of nitriles is 3. The lowest BCUT2D eigenvalue weighted by molar-refractivity contribution is 1.18. The van der Waals surface area contributed by atoms with E-state index in [2.05, 4.69) is 100 Å². The van der Waals surface area contributed by atoms with E-state index in [1.165, 1.54) is 10.8 Å². The monoisotopic (exact) mass is 635 g/mol. The van der Waals surface area contributed by atoms with Crippen LogP contribution >= 0.6 is 0 Å². The summed E-state index contributed by atoms with van der Waals surface area (Å²) in [6.07, 6.45) is 0. The topological polar surface area (TPSA) is 81.2 Å². The van der Waals surface area contributed by atoms with Gasteiger partial charge in [0.15, 0.2) is 0 Å². The molecule has 0 unspecified atom stereocenters. The highest BCUT2D eigenvalue weighted by molar-refractivity contribution is 6.13. The van der Waals surface area contributed by atoms with Crippen LogP contribution in [0.3, 0.4) is 0 Å². The Balaban J connectivity index is 1.21. The molecule has 0 radical (unpaired) electrons. The molecule has 2 heterocycles. The molecule has 230 valence electrons. The zero-order valence-electron chi connectivity index (χ0n) is 26.7. The number of hydrogen-bond donors (Lipinski definition) is 0. The summed E-state index contributed by atoms with van der Waals surface area (Å²) in [6, 6.07) is 57.8. The first-order valence-corrected chi connectivity index (χ1v) is 16.3. The van der Waals surface area contributed by atoms with E-state index in [0.717, 1.165) is 66.5 Å². The van der Waals surface area contributed by atoms with E-state index < -0.39 is 0 Å². The van der Waals surface area contributed by atoms with Gasteiger partial charge in [-0.3, -0.25) is 0 Å². The van der Waals surface area contributed by atoms with Crippen molar-refractivity contribution in [2.45, 2.75) is 0 Å². The molecule has 0 aliphatic heterocycles. The minimum atomic E-state index is 0.529. The van der Waals surface area contributed by atoms with E-state index >= 15 is 0 Å². The smallest absolute Gasteiger partial charge is 0.100 e. The minimum absolute atomic E-state index is 0.529. The average Bonchev–Trinajstić information content (AvgIpc) is 3.70. The number of nitrogens with zero attached hydrogens (tertiary/aromatic N) is 5. The van der Waals surface area contributed by atoms with Gasteiger partial charge >= 0.3 is 0 Å². The first-order chi connectivity index (χ1) is 24.7. The van der Waals surface area contributed by atoms with Crippen molar-refractivity contribution < 1.29 is 0 Å². The molecule has 9 aromatic rings. The Kier molecular flexibility index (Phi) is 6.56. The van der Waals surface area contributed by atoms with Gasteiger partial charge in [0.25, 0.3) is 0 Å². The molecule has 0 saturated heterocycles. The predicted molar refractivity (Wildman–Crippen MR) is 200 cm³/mol. The summed E-state index contributed by atoms with van der Waals surface area (Å²) in [5.41, 5.74) is 11.1. The third-order valence-electron chi connectivity index (χ3n) is 9.67. The summed E-state index contributed by atoms with van der Waals surface area (Å²) in [7, 11) is 0. The van der Waals surface area contributed by atoms with Crippen LogP contribution in [0.1, 0.15) is 16.7 Å². The van der Waals surface area contributed by atoms with Crippen LogP contribution in [0.2, 0.25) is 0 Å². The van der Waals surface area contributed by atoms with Crippen molar-refractivity contribution in [3.63, 3.8) is 0 Å². The van der Waals surface area contributed by atoms with Crippen LogP contribution in [0.5, 0.6) is 0 Å². The quantitative estimate of drug-likeness (QED) is 0.193. The largest absolute Gasteiger partial charge is 0.309 e. The van der Waals surface area contributed by atoms with Crippen molar-refractivity contribution in [1.82, 2.24) is 9.13 Å². The van der Waals surface area contributed by atoms with Crippen LogP contribution in [0, 0.1) is 34.0 Å². The fraction of sp³-hybridized carbons (Fsp3) is 0. The van der Waals surface area contributed by atoms with Gasteiger partial charge < -0.3 is 9.13 Å². The molecule has 9 rings (SSSR count). The number of para-hydroxylation sites is 3. The van der Waals surface area contributed by atoms with Gasteiger partial charge in [-0.1, -0.05) is 91.0 Å². The highest BCUT2D eigenvalue weighted by Crippen LogP contribution is 2.40. The Morgan fingerprint density at radius 2 is 1.04 bits per heavy atom. The summed E-state index contributed by atoms with van der Waals surface area (Å²) in [5.74, 6) is 0. The van der Waals surface area contributed by atoms with Gasteiger partial charge in [0.1, 0.15) is 6.07 Å². The first-order valence-electron chi connectivity index (χ1n) is 16.3. The van der Waals surface area contributed by atoms with E-state index in [-0.39, 0.29) is 0 Å². The average molecular weight is 636 g/mol. The number of fused-ring (bicyclic) bond motifs is 6. The second-order valence-electron chi connectivity index (χ2n) is 12.3. The van der Waals surface area contributed by atoms with Gasteiger partial charge in [-0.15, -0.1) is 0 Å². The molecule has 5 heteroatoms. The van der Waals surface area contributed by atoms with E-state index in [4.69, 9.17) is 0 Å². The van der Waals surface area contributed by atoms with E-state index in [9.17, 15) is 15.8 Å². The van der Waals surface area contributed by atoms with E-state index in [1.807, 2.05) is 66.7 Å². The summed E-state index contributed by atoms with van der Waals surface area (Å²) in [5, 5.41) is 34.5. The maximum Gasteiger partial charge on any atom is 0.100 e. The van der Waals surface area contributed by atoms with Gasteiger partial charge in [0.2, 0.25) is 0 Å². The first kappa shape index (κ1) is 28.8. The lowest BCUT2D eigenvalue weighted by Crippen LogP contribution is -1.99. The molecular formula is C45H25N5. The van der Waals surface area contributed by atoms with Crippen molar-refractivity contribution in [3.8, 4) is 51.8 Å². The molecular weight excluding hydrogens is 611 g/mol. The van der Waals surface area contributed by atoms with Gasteiger partial charge in [-0.25, -0.2) is 0 Å². The van der Waals surface area contributed by atoms with Crippen molar-refractivity contribution in [2.75, 3.05) is 0 Å². The van der Waals surface area contributed by atoms with Crippen LogP contribution in [0.4, 0.5) is 0 Å². The molecule has 7 aromatic carbocycles. The number of benzene rings is 7. The lowest BCUT2D eigenvalue weighted by atomic mass is 9.91. The van der Waals surface area contributed by atoms with Crippen LogP contribution in [0.25, 0.3) is 77.2 Å². The predicted octanol–water partition coefficient (Wildman–Crippen LogP) is 10.8. The SMILES string of the molecule is N#Cc1ccc2c(c1)c1c(C#N)cccc1n2-c1ccccc1-c1cccc(-c2ccc(-n3c4ccccc4c4ccccc43)cc2)c1C#N. The van der Waals surface area contributed by atoms with Crippen LogP contribution in [-0.2, 0) is 0 Å². The normalized spacial score (nSPS) is 11.1. The third kappa shape index (κ3) is 4.24. The third-order valence-corrected chi connectivity index (χ3v) is 9.67. The fourth-order valence-corrected chi connectivity index (χ4v) is 7.52. The zero-order chi connectivity index (χ0) is 33.8. The molecule has 0 bridgehead atoms. The second kappa shape index (κ2) is 11.4. The van der Waals surface area contributed by atoms with Gasteiger partial charge in [-0.05, 0) is 66.2 Å². The Morgan fingerprint density at radius 1 is 0.420 bits per heavy atom. The lowest BCUT2D eigenvalue weighted by Gasteiger charge is -2.17. The molecule has 5 nitrogen and oxygen atoms in total. The molecule has 50 heavy (non-hydrogen) atoms. The summed E-state index contributed by atoms with van der Waals surface area (Å²) < 4.78 is 4.42. The minimum Gasteiger partial charge on any atom is -0.309 e. The highest BCUT2D eigenvalue weighted by Gasteiger charge is 2.21. The van der Waals surface area contributed by atoms with Crippen molar-refractivity contribution >= 4 is 43.6 Å². The van der Waals surface area contributed by atoms with Crippen LogP contribution in [0.15, 0.2) is 152 Å². The van der Waals surface area contributed by atoms with Gasteiger partial charge in [0.05, 0.1) is 56.6 Å². The van der Waals surface area contributed by atoms with Gasteiger partial charge in [-0.2, -0.15) is 15.8 Å². The van der Waals surface area contributed by atoms with Crippen LogP contribution in [-0.4, -0.2) is 9.13 Å². The molecule has 0 amide bonds. The molecule has 0 aliphatic carbocycles. The maximum atomic E-state index is 10.7. The Hall–Kier alpha value is -7.39. The van der Waals surface area contributed by atoms with E-state index in [1.54, 1.807) is 12.1 Å². The van der Waals surface area contributed by atoms with Crippen molar-refractivity contribution in [1.29, 1.82) is 15.8 Å². The molecule has 0 fully saturated rings. The summed E-state index contributed by atoms with van der Waals surface area (Å²) in [6.45, 7) is 0. The zero-order valence-corrected chi connectivity index (χ0v) is 26.7. The molecule has 0 aliphatic rings. The van der Waals surface area contributed by atoms with Gasteiger partial charge in [0, 0.05) is 43.9 Å². The van der Waals surface area contributed by atoms with E-state index in [0.29, 0.717) is 16.7 Å². The van der Waals surface area contributed by atoms with Crippen LogP contribution < -0.4 is 0 Å². The summed E-state index contributed by atoms with van der Waals surface area (Å²) in [4.78, 5) is 0. The Labute approximate surface area is 287 Å². The molecule has 0 atom stereocenters. The molecule has 0 saturated carbocycles. The fourth-order valence-electron chi connectivity index (χ4n) is 7.52. The number of rotatable bonds is 4. The van der Waals surface area contributed by atoms with Crippen molar-refractivity contribution in [3.05, 3.63) is 168 Å². The molecule has 0 N–H and O–H groups in total. The number of aromatic nitrogens is 2. The Bertz CT molecular complexity index is 2900. The standard InChI is InChI=1S/C45H25N5/c46-26-29-19-24-43-38(25-29)45-31(27-47)9-7-18-44(45)50(43)42-17-6-1-10-35(42)34-14-8-13-33(39(34)28-48)30-20-22-32(23-21-30)49-40-15-4-2-11-36(40)37-12-3-5-16-41(37)49/h1-25H. The molecule has 0 spiro atoms. The second-order valence-corrected chi connectivity index (χ2v) is 12.3. The maximum absolute atomic E-state index is 10.7. The number of hydrogen-bond acceptors (Lipinski definition) is 3. The molecule has 2 aromatic heterocycles. The summed E-state index contributed by atoms with van der Waals surface area (Å²) >= 11 is 0. The van der Waals surface area contributed by atoms with Crippen molar-refractivity contribution in [2.24, 2.45) is 0 Å². The Morgan fingerprint density at radius 3 is 1.76 bits per heavy atom.